The van der Waals surface area contributed by atoms with Crippen molar-refractivity contribution in [1.29, 1.82) is 0 Å². The van der Waals surface area contributed by atoms with Crippen LogP contribution >= 0.6 is 11.8 Å². The number of hydrogen-bond donors (Lipinski definition) is 2. The van der Waals surface area contributed by atoms with E-state index in [1.165, 1.54) is 22.1 Å². The van der Waals surface area contributed by atoms with Crippen LogP contribution in [-0.4, -0.2) is 50.0 Å². The van der Waals surface area contributed by atoms with Gasteiger partial charge in [0.15, 0.2) is 0 Å². The first-order valence-electron chi connectivity index (χ1n) is 10.3. The summed E-state index contributed by atoms with van der Waals surface area (Å²) in [6, 6.07) is 11.9. The number of carbonyl (C=O) groups is 2. The number of ether oxygens (including phenoxy) is 1. The Bertz CT molecular complexity index is 1140. The topological polar surface area (TPSA) is 105 Å². The van der Waals surface area contributed by atoms with Crippen molar-refractivity contribution in [3.63, 3.8) is 0 Å². The fourth-order valence-electron chi connectivity index (χ4n) is 3.80. The monoisotopic (exact) mass is 475 g/mol. The summed E-state index contributed by atoms with van der Waals surface area (Å²) in [6.45, 7) is 2.32. The van der Waals surface area contributed by atoms with Crippen molar-refractivity contribution in [3.8, 4) is 5.75 Å². The molecule has 1 fully saturated rings. The molecule has 1 saturated heterocycles. The van der Waals surface area contributed by atoms with E-state index in [0.717, 1.165) is 4.90 Å². The summed E-state index contributed by atoms with van der Waals surface area (Å²) in [4.78, 5) is 25.6. The van der Waals surface area contributed by atoms with Crippen LogP contribution in [0.2, 0.25) is 0 Å². The molecule has 0 unspecified atom stereocenters. The quantitative estimate of drug-likeness (QED) is 0.688. The third-order valence-corrected chi connectivity index (χ3v) is 8.75. The Morgan fingerprint density at radius 1 is 1.19 bits per heavy atom. The van der Waals surface area contributed by atoms with E-state index in [2.05, 4.69) is 10.6 Å². The number of amides is 2. The van der Waals surface area contributed by atoms with Gasteiger partial charge in [0.05, 0.1) is 22.9 Å². The first-order valence-corrected chi connectivity index (χ1v) is 12.7. The van der Waals surface area contributed by atoms with Crippen LogP contribution in [0.5, 0.6) is 5.75 Å². The minimum absolute atomic E-state index is 0.127. The summed E-state index contributed by atoms with van der Waals surface area (Å²) in [5.41, 5.74) is 1.17. The van der Waals surface area contributed by atoms with Crippen molar-refractivity contribution < 1.29 is 22.7 Å². The molecule has 0 bridgehead atoms. The van der Waals surface area contributed by atoms with Gasteiger partial charge in [-0.15, -0.1) is 11.8 Å². The summed E-state index contributed by atoms with van der Waals surface area (Å²) < 4.78 is 32.9. The Balaban J connectivity index is 1.40. The highest BCUT2D eigenvalue weighted by atomic mass is 32.2. The van der Waals surface area contributed by atoms with Gasteiger partial charge in [0.2, 0.25) is 21.8 Å². The second-order valence-electron chi connectivity index (χ2n) is 7.81. The Morgan fingerprint density at radius 3 is 2.66 bits per heavy atom. The average molecular weight is 476 g/mol. The second-order valence-corrected chi connectivity index (χ2v) is 11.1. The molecule has 170 valence electrons. The number of benzene rings is 2. The molecule has 2 heterocycles. The van der Waals surface area contributed by atoms with Gasteiger partial charge < -0.3 is 15.4 Å². The normalized spacial score (nSPS) is 19.7. The van der Waals surface area contributed by atoms with E-state index in [9.17, 15) is 18.0 Å². The highest BCUT2D eigenvalue weighted by molar-refractivity contribution is 8.01. The van der Waals surface area contributed by atoms with Gasteiger partial charge in [0.1, 0.15) is 5.75 Å². The molecule has 10 heteroatoms. The van der Waals surface area contributed by atoms with Crippen molar-refractivity contribution in [2.24, 2.45) is 5.92 Å². The Kier molecular flexibility index (Phi) is 6.45. The summed E-state index contributed by atoms with van der Waals surface area (Å²) in [5.74, 6) is 0.115. The number of fused-ring (bicyclic) bond motifs is 1. The zero-order valence-electron chi connectivity index (χ0n) is 17.8. The van der Waals surface area contributed by atoms with Gasteiger partial charge in [-0.1, -0.05) is 6.07 Å². The zero-order valence-corrected chi connectivity index (χ0v) is 19.5. The minimum atomic E-state index is -3.72. The molecule has 2 aromatic carbocycles. The lowest BCUT2D eigenvalue weighted by Gasteiger charge is -2.31. The lowest BCUT2D eigenvalue weighted by atomic mass is 9.97. The molecule has 0 spiro atoms. The van der Waals surface area contributed by atoms with Gasteiger partial charge >= 0.3 is 0 Å². The van der Waals surface area contributed by atoms with E-state index >= 15 is 0 Å². The van der Waals surface area contributed by atoms with Gasteiger partial charge in [-0.25, -0.2) is 8.42 Å². The number of hydrogen-bond acceptors (Lipinski definition) is 6. The molecular formula is C22H25N3O5S2. The van der Waals surface area contributed by atoms with Gasteiger partial charge in [-0.3, -0.25) is 9.59 Å². The minimum Gasteiger partial charge on any atom is -0.497 e. The van der Waals surface area contributed by atoms with Crippen molar-refractivity contribution >= 4 is 45.0 Å². The number of carbonyl (C=O) groups excluding carboxylic acids is 2. The first kappa shape index (κ1) is 22.6. The van der Waals surface area contributed by atoms with Crippen LogP contribution in [0.3, 0.4) is 0 Å². The maximum absolute atomic E-state index is 13.1. The van der Waals surface area contributed by atoms with Crippen molar-refractivity contribution in [3.05, 3.63) is 42.5 Å². The fraction of sp³-hybridized carbons (Fsp3) is 0.364. The molecule has 0 aliphatic carbocycles. The lowest BCUT2D eigenvalue weighted by molar-refractivity contribution is -0.121. The largest absolute Gasteiger partial charge is 0.497 e. The second kappa shape index (κ2) is 9.13. The van der Waals surface area contributed by atoms with Crippen LogP contribution in [0.25, 0.3) is 0 Å². The van der Waals surface area contributed by atoms with Crippen LogP contribution in [0, 0.1) is 5.92 Å². The smallest absolute Gasteiger partial charge is 0.243 e. The van der Waals surface area contributed by atoms with E-state index < -0.39 is 10.0 Å². The highest BCUT2D eigenvalue weighted by Gasteiger charge is 2.33. The van der Waals surface area contributed by atoms with Crippen LogP contribution in [0.15, 0.2) is 52.3 Å². The number of anilines is 2. The summed E-state index contributed by atoms with van der Waals surface area (Å²) in [5, 5.41) is 5.44. The predicted octanol–water partition coefficient (Wildman–Crippen LogP) is 3.17. The molecule has 0 saturated carbocycles. The molecule has 8 nitrogen and oxygen atoms in total. The van der Waals surface area contributed by atoms with Crippen molar-refractivity contribution in [1.82, 2.24) is 4.31 Å². The van der Waals surface area contributed by atoms with Crippen molar-refractivity contribution in [2.45, 2.75) is 34.8 Å². The predicted molar refractivity (Wildman–Crippen MR) is 123 cm³/mol. The number of rotatable bonds is 5. The standard InChI is InChI=1S/C22H25N3O5S2/c1-14-21(26)24-19-13-18(6-7-20(19)31-14)32(28,29)25-10-8-15(9-11-25)22(27)23-16-4-3-5-17(12-16)30-2/h3-7,12-15H,8-11H2,1-2H3,(H,23,27)(H,24,26)/t14-/m0/s1. The Morgan fingerprint density at radius 2 is 1.94 bits per heavy atom. The molecule has 32 heavy (non-hydrogen) atoms. The van der Waals surface area contributed by atoms with Gasteiger partial charge in [-0.05, 0) is 50.1 Å². The first-order chi connectivity index (χ1) is 15.3. The average Bonchev–Trinajstić information content (AvgIpc) is 2.79. The molecule has 1 atom stereocenters. The van der Waals surface area contributed by atoms with E-state index in [-0.39, 0.29) is 41.0 Å². The maximum Gasteiger partial charge on any atom is 0.243 e. The van der Waals surface area contributed by atoms with Gasteiger partial charge in [-0.2, -0.15) is 4.31 Å². The number of piperidine rings is 1. The van der Waals surface area contributed by atoms with E-state index in [0.29, 0.717) is 30.0 Å². The number of nitrogens with one attached hydrogen (secondary N) is 2. The third-order valence-electron chi connectivity index (χ3n) is 5.68. The molecule has 2 aliphatic heterocycles. The zero-order chi connectivity index (χ0) is 22.9. The third kappa shape index (κ3) is 4.62. The van der Waals surface area contributed by atoms with Crippen LogP contribution in [0.1, 0.15) is 19.8 Å². The number of methoxy groups -OCH3 is 1. The molecule has 0 radical (unpaired) electrons. The van der Waals surface area contributed by atoms with Crippen LogP contribution in [-0.2, 0) is 19.6 Å². The molecule has 2 N–H and O–H groups in total. The number of sulfonamides is 1. The van der Waals surface area contributed by atoms with Crippen molar-refractivity contribution in [2.75, 3.05) is 30.8 Å². The summed E-state index contributed by atoms with van der Waals surface area (Å²) in [6.07, 6.45) is 0.869. The number of thioether (sulfide) groups is 1. The van der Waals surface area contributed by atoms with Crippen LogP contribution in [0.4, 0.5) is 11.4 Å². The molecule has 2 aliphatic rings. The molecule has 4 rings (SSSR count). The Hall–Kier alpha value is -2.56. The molecule has 0 aromatic heterocycles. The maximum atomic E-state index is 13.1. The van der Waals surface area contributed by atoms with E-state index in [1.54, 1.807) is 43.5 Å². The Labute approximate surface area is 191 Å². The molecular weight excluding hydrogens is 450 g/mol. The SMILES string of the molecule is COc1cccc(NC(=O)C2CCN(S(=O)(=O)c3ccc4c(c3)NC(=O)[C@H](C)S4)CC2)c1. The molecule has 2 amide bonds. The highest BCUT2D eigenvalue weighted by Crippen LogP contribution is 2.37. The summed E-state index contributed by atoms with van der Waals surface area (Å²) >= 11 is 1.41. The van der Waals surface area contributed by atoms with Crippen LogP contribution < -0.4 is 15.4 Å². The van der Waals surface area contributed by atoms with E-state index in [1.807, 2.05) is 6.92 Å². The lowest BCUT2D eigenvalue weighted by Crippen LogP contribution is -2.41. The van der Waals surface area contributed by atoms with Gasteiger partial charge in [0, 0.05) is 35.7 Å². The fourth-order valence-corrected chi connectivity index (χ4v) is 6.23. The van der Waals surface area contributed by atoms with Gasteiger partial charge in [0.25, 0.3) is 0 Å². The molecule has 2 aromatic rings. The summed E-state index contributed by atoms with van der Waals surface area (Å²) in [7, 11) is -2.16. The number of nitrogens with zero attached hydrogens (tertiary/aromatic N) is 1. The van der Waals surface area contributed by atoms with E-state index in [4.69, 9.17) is 4.74 Å².